The number of carboxylic acids is 1. The van der Waals surface area contributed by atoms with E-state index in [1.165, 1.54) is 0 Å². The molecule has 0 aliphatic rings. The number of benzene rings is 3. The summed E-state index contributed by atoms with van der Waals surface area (Å²) in [6.07, 6.45) is 0.736. The average molecular weight is 501 g/mol. The number of nitrogens with one attached hydrogen (secondary N) is 1. The first-order valence-corrected chi connectivity index (χ1v) is 12.1. The van der Waals surface area contributed by atoms with Crippen molar-refractivity contribution in [3.63, 3.8) is 0 Å². The van der Waals surface area contributed by atoms with Crippen molar-refractivity contribution < 1.29 is 24.2 Å². The van der Waals surface area contributed by atoms with Gasteiger partial charge in [-0.25, -0.2) is 9.64 Å². The van der Waals surface area contributed by atoms with E-state index in [2.05, 4.69) is 42.2 Å². The largest absolute Gasteiger partial charge is 0.490 e. The Labute approximate surface area is 217 Å². The maximum Gasteiger partial charge on any atom is 0.341 e. The summed E-state index contributed by atoms with van der Waals surface area (Å²) in [5.74, 6) is -0.437. The van der Waals surface area contributed by atoms with Crippen molar-refractivity contribution in [2.24, 2.45) is 5.92 Å². The third kappa shape index (κ3) is 8.11. The first-order chi connectivity index (χ1) is 17.6. The molecule has 0 heterocycles. The molecule has 1 unspecified atom stereocenters. The van der Waals surface area contributed by atoms with Crippen molar-refractivity contribution in [1.29, 1.82) is 0 Å². The lowest BCUT2D eigenvalue weighted by Crippen LogP contribution is -2.30. The number of carbonyl (C=O) groups excluding carboxylic acids is 1. The minimum atomic E-state index is -1.13. The number of carbonyl (C=O) groups is 2. The van der Waals surface area contributed by atoms with E-state index >= 15 is 0 Å². The van der Waals surface area contributed by atoms with E-state index in [0.717, 1.165) is 23.1 Å². The van der Waals surface area contributed by atoms with E-state index < -0.39 is 12.6 Å². The van der Waals surface area contributed by atoms with E-state index in [4.69, 9.17) is 21.2 Å². The lowest BCUT2D eigenvalue weighted by molar-refractivity contribution is -0.139. The van der Waals surface area contributed by atoms with Crippen LogP contribution in [0.4, 0.5) is 5.69 Å². The molecule has 3 rings (SSSR count). The molecule has 0 fully saturated rings. The molecule has 0 saturated carbocycles. The lowest BCUT2D eigenvalue weighted by Gasteiger charge is -2.23. The van der Waals surface area contributed by atoms with Crippen LogP contribution in [0.1, 0.15) is 58.9 Å². The second-order valence-corrected chi connectivity index (χ2v) is 9.49. The quantitative estimate of drug-likeness (QED) is 0.297. The maximum atomic E-state index is 13.5. The van der Waals surface area contributed by atoms with Crippen LogP contribution in [0.3, 0.4) is 0 Å². The number of rotatable bonds is 11. The first-order valence-electron chi connectivity index (χ1n) is 12.1. The predicted octanol–water partition coefficient (Wildman–Crippen LogP) is 6.41. The summed E-state index contributed by atoms with van der Waals surface area (Å²) in [7, 11) is 0. The third-order valence-electron chi connectivity index (χ3n) is 5.65. The smallest absolute Gasteiger partial charge is 0.341 e. The van der Waals surface area contributed by atoms with Crippen molar-refractivity contribution >= 4 is 17.6 Å². The lowest BCUT2D eigenvalue weighted by atomic mass is 9.94. The van der Waals surface area contributed by atoms with Crippen molar-refractivity contribution in [3.8, 4) is 11.5 Å². The molecule has 37 heavy (non-hydrogen) atoms. The molecule has 3 aromatic carbocycles. The molecule has 0 radical (unpaired) electrons. The van der Waals surface area contributed by atoms with Crippen LogP contribution in [0.5, 0.6) is 11.5 Å². The SMILES string of the molecule is [C-]#[N+]c1cccc(OCc2ccc(OCC(=O)O)c(C(=O)NC(CC(C)C)c3cc(C)cc(C)c3)c2)c1. The van der Waals surface area contributed by atoms with Gasteiger partial charge in [0.1, 0.15) is 18.1 Å². The first kappa shape index (κ1) is 27.3. The van der Waals surface area contributed by atoms with Gasteiger partial charge in [0.15, 0.2) is 12.3 Å². The highest BCUT2D eigenvalue weighted by Gasteiger charge is 2.21. The maximum absolute atomic E-state index is 13.5. The summed E-state index contributed by atoms with van der Waals surface area (Å²) in [4.78, 5) is 28.1. The molecule has 1 atom stereocenters. The third-order valence-corrected chi connectivity index (χ3v) is 5.65. The van der Waals surface area contributed by atoms with Crippen molar-refractivity contribution in [2.75, 3.05) is 6.61 Å². The van der Waals surface area contributed by atoms with Gasteiger partial charge in [-0.3, -0.25) is 4.79 Å². The van der Waals surface area contributed by atoms with E-state index in [-0.39, 0.29) is 29.9 Å². The van der Waals surface area contributed by atoms with Gasteiger partial charge in [0.05, 0.1) is 18.2 Å². The van der Waals surface area contributed by atoms with Gasteiger partial charge in [-0.15, -0.1) is 0 Å². The number of carboxylic acid groups (broad SMARTS) is 1. The van der Waals surface area contributed by atoms with Gasteiger partial charge in [0, 0.05) is 0 Å². The number of amides is 1. The molecule has 1 amide bonds. The second kappa shape index (κ2) is 12.6. The molecule has 0 saturated heterocycles. The Hall–Kier alpha value is -4.31. The molecule has 0 aliphatic carbocycles. The van der Waals surface area contributed by atoms with Crippen molar-refractivity contribution in [3.05, 3.63) is 99.9 Å². The summed E-state index contributed by atoms with van der Waals surface area (Å²) in [6, 6.07) is 17.8. The standard InChI is InChI=1S/C30H32N2O5/c1-19(2)11-27(23-13-20(3)12-21(4)14-23)32-30(35)26-15-22(9-10-28(26)37-18-29(33)34)17-36-25-8-6-7-24(16-25)31-5/h6-10,12-16,19,27H,11,17-18H2,1-4H3,(H,32,35)(H,33,34). The van der Waals surface area contributed by atoms with Gasteiger partial charge < -0.3 is 19.9 Å². The van der Waals surface area contributed by atoms with Crippen LogP contribution in [0.25, 0.3) is 4.85 Å². The molecule has 2 N–H and O–H groups in total. The highest BCUT2D eigenvalue weighted by Crippen LogP contribution is 2.27. The van der Waals surface area contributed by atoms with E-state index in [1.54, 1.807) is 42.5 Å². The van der Waals surface area contributed by atoms with Crippen molar-refractivity contribution in [1.82, 2.24) is 5.32 Å². The molecule has 7 heteroatoms. The number of nitrogens with zero attached hydrogens (tertiary/aromatic N) is 1. The van der Waals surface area contributed by atoms with Crippen molar-refractivity contribution in [2.45, 2.75) is 46.8 Å². The molecule has 3 aromatic rings. The Kier molecular flexibility index (Phi) is 9.28. The molecule has 192 valence electrons. The Morgan fingerprint density at radius 1 is 1.00 bits per heavy atom. The summed E-state index contributed by atoms with van der Waals surface area (Å²) in [6.45, 7) is 15.0. The number of hydrogen-bond acceptors (Lipinski definition) is 4. The topological polar surface area (TPSA) is 89.2 Å². The Balaban J connectivity index is 1.89. The van der Waals surface area contributed by atoms with Crippen LogP contribution in [0.15, 0.2) is 60.7 Å². The fourth-order valence-electron chi connectivity index (χ4n) is 4.12. The Morgan fingerprint density at radius 2 is 1.73 bits per heavy atom. The number of ether oxygens (including phenoxy) is 2. The van der Waals surface area contributed by atoms with Crippen LogP contribution in [0, 0.1) is 26.3 Å². The minimum absolute atomic E-state index is 0.160. The summed E-state index contributed by atoms with van der Waals surface area (Å²) in [5.41, 5.74) is 4.65. The minimum Gasteiger partial charge on any atom is -0.490 e. The molecular formula is C30H32N2O5. The molecule has 0 bridgehead atoms. The molecule has 0 aromatic heterocycles. The van der Waals surface area contributed by atoms with Gasteiger partial charge >= 0.3 is 5.97 Å². The summed E-state index contributed by atoms with van der Waals surface area (Å²) in [5, 5.41) is 12.2. The number of hydrogen-bond donors (Lipinski definition) is 2. The van der Waals surface area contributed by atoms with Gasteiger partial charge in [-0.1, -0.05) is 61.4 Å². The van der Waals surface area contributed by atoms with Gasteiger partial charge in [-0.05, 0) is 61.6 Å². The van der Waals surface area contributed by atoms with Crippen LogP contribution in [-0.4, -0.2) is 23.6 Å². The van der Waals surface area contributed by atoms with Crippen LogP contribution in [0.2, 0.25) is 0 Å². The predicted molar refractivity (Wildman–Crippen MR) is 142 cm³/mol. The van der Waals surface area contributed by atoms with Gasteiger partial charge in [0.25, 0.3) is 5.91 Å². The van der Waals surface area contributed by atoms with E-state index in [0.29, 0.717) is 22.9 Å². The number of aliphatic carboxylic acids is 1. The fraction of sp³-hybridized carbons (Fsp3) is 0.300. The molecule has 7 nitrogen and oxygen atoms in total. The fourth-order valence-corrected chi connectivity index (χ4v) is 4.12. The second-order valence-electron chi connectivity index (χ2n) is 9.49. The van der Waals surface area contributed by atoms with Gasteiger partial charge in [0.2, 0.25) is 0 Å². The highest BCUT2D eigenvalue weighted by molar-refractivity contribution is 5.97. The van der Waals surface area contributed by atoms with E-state index in [1.807, 2.05) is 13.8 Å². The molecule has 0 aliphatic heterocycles. The molecular weight excluding hydrogens is 468 g/mol. The van der Waals surface area contributed by atoms with E-state index in [9.17, 15) is 9.59 Å². The normalized spacial score (nSPS) is 11.5. The van der Waals surface area contributed by atoms with Gasteiger partial charge in [-0.2, -0.15) is 0 Å². The summed E-state index contributed by atoms with van der Waals surface area (Å²) >= 11 is 0. The number of aryl methyl sites for hydroxylation is 2. The van der Waals surface area contributed by atoms with Crippen LogP contribution < -0.4 is 14.8 Å². The zero-order valence-electron chi connectivity index (χ0n) is 21.6. The zero-order valence-corrected chi connectivity index (χ0v) is 21.6. The Morgan fingerprint density at radius 3 is 2.38 bits per heavy atom. The van der Waals surface area contributed by atoms with Crippen LogP contribution in [-0.2, 0) is 11.4 Å². The summed E-state index contributed by atoms with van der Waals surface area (Å²) < 4.78 is 11.3. The monoisotopic (exact) mass is 500 g/mol. The highest BCUT2D eigenvalue weighted by atomic mass is 16.5. The van der Waals surface area contributed by atoms with Crippen LogP contribution >= 0.6 is 0 Å². The average Bonchev–Trinajstić information content (AvgIpc) is 2.85. The molecule has 0 spiro atoms. The Bertz CT molecular complexity index is 1290. The zero-order chi connectivity index (χ0) is 26.9.